The first-order valence-corrected chi connectivity index (χ1v) is 8.57. The van der Waals surface area contributed by atoms with E-state index in [1.165, 1.54) is 54.9 Å². The van der Waals surface area contributed by atoms with Gasteiger partial charge >= 0.3 is 0 Å². The fraction of sp³-hybridized carbons (Fsp3) is 0.500. The summed E-state index contributed by atoms with van der Waals surface area (Å²) in [6.07, 6.45) is 8.01. The number of hydrogen-bond donors (Lipinski definition) is 1. The second kappa shape index (κ2) is 8.84. The van der Waals surface area contributed by atoms with Crippen LogP contribution in [0.25, 0.3) is 10.8 Å². The summed E-state index contributed by atoms with van der Waals surface area (Å²) in [7, 11) is 0. The molecule has 2 rings (SSSR count). The lowest BCUT2D eigenvalue weighted by molar-refractivity contribution is 0.479. The highest BCUT2D eigenvalue weighted by Crippen LogP contribution is 2.24. The van der Waals surface area contributed by atoms with Crippen molar-refractivity contribution < 1.29 is 0 Å². The number of hydrogen-bond acceptors (Lipinski definition) is 1. The molecule has 0 aliphatic rings. The molecule has 1 atom stereocenters. The molecule has 0 radical (unpaired) electrons. The molecule has 0 aliphatic carbocycles. The van der Waals surface area contributed by atoms with E-state index < -0.39 is 0 Å². The third-order valence-corrected chi connectivity index (χ3v) is 4.22. The van der Waals surface area contributed by atoms with Crippen LogP contribution in [0, 0.1) is 0 Å². The maximum Gasteiger partial charge on any atom is 0.0320 e. The van der Waals surface area contributed by atoms with Crippen molar-refractivity contribution in [3.8, 4) is 0 Å². The summed E-state index contributed by atoms with van der Waals surface area (Å²) in [4.78, 5) is 0. The van der Waals surface area contributed by atoms with Crippen LogP contribution in [-0.4, -0.2) is 6.54 Å². The Bertz CT molecular complexity index is 532. The van der Waals surface area contributed by atoms with E-state index in [1.54, 1.807) is 0 Å². The summed E-state index contributed by atoms with van der Waals surface area (Å²) in [6.45, 7) is 5.51. The number of unbranched alkanes of at least 4 members (excludes halogenated alkanes) is 4. The highest BCUT2D eigenvalue weighted by atomic mass is 14.9. The number of fused-ring (bicyclic) bond motifs is 1. The lowest BCUT2D eigenvalue weighted by Gasteiger charge is -2.19. The van der Waals surface area contributed by atoms with Crippen LogP contribution in [0.15, 0.2) is 42.5 Å². The fourth-order valence-corrected chi connectivity index (χ4v) is 3.01. The van der Waals surface area contributed by atoms with E-state index in [2.05, 4.69) is 61.6 Å². The third kappa shape index (κ3) is 4.86. The maximum absolute atomic E-state index is 3.65. The van der Waals surface area contributed by atoms with Crippen molar-refractivity contribution in [3.63, 3.8) is 0 Å². The summed E-state index contributed by atoms with van der Waals surface area (Å²) >= 11 is 0. The standard InChI is InChI=1S/C20H29N/c1-3-5-6-7-8-13-20(21-4-2)19-15-14-17-11-9-10-12-18(17)16-19/h9-12,14-16,20-21H,3-8,13H2,1-2H3. The van der Waals surface area contributed by atoms with E-state index in [0.717, 1.165) is 6.54 Å². The van der Waals surface area contributed by atoms with Gasteiger partial charge in [-0.25, -0.2) is 0 Å². The number of rotatable bonds is 9. The SMILES string of the molecule is CCCCCCCC(NCC)c1ccc2ccccc2c1. The van der Waals surface area contributed by atoms with E-state index in [9.17, 15) is 0 Å². The van der Waals surface area contributed by atoms with Gasteiger partial charge in [-0.1, -0.05) is 82.3 Å². The fourth-order valence-electron chi connectivity index (χ4n) is 3.01. The van der Waals surface area contributed by atoms with Gasteiger partial charge in [0.25, 0.3) is 0 Å². The lowest BCUT2D eigenvalue weighted by atomic mass is 9.97. The summed E-state index contributed by atoms with van der Waals surface area (Å²) in [5.41, 5.74) is 1.44. The lowest BCUT2D eigenvalue weighted by Crippen LogP contribution is -2.20. The first kappa shape index (κ1) is 16.0. The molecule has 0 spiro atoms. The molecule has 0 aromatic heterocycles. The molecule has 21 heavy (non-hydrogen) atoms. The van der Waals surface area contributed by atoms with Gasteiger partial charge in [-0.3, -0.25) is 0 Å². The molecular weight excluding hydrogens is 254 g/mol. The summed E-state index contributed by atoms with van der Waals surface area (Å²) in [6, 6.07) is 16.0. The molecule has 0 bridgehead atoms. The highest BCUT2D eigenvalue weighted by molar-refractivity contribution is 5.83. The summed E-state index contributed by atoms with van der Waals surface area (Å²) < 4.78 is 0. The Hall–Kier alpha value is -1.34. The van der Waals surface area contributed by atoms with Crippen molar-refractivity contribution >= 4 is 10.8 Å². The molecule has 0 heterocycles. The van der Waals surface area contributed by atoms with E-state index >= 15 is 0 Å². The summed E-state index contributed by atoms with van der Waals surface area (Å²) in [5, 5.41) is 6.34. The van der Waals surface area contributed by atoms with Crippen LogP contribution in [-0.2, 0) is 0 Å². The molecule has 0 saturated heterocycles. The Balaban J connectivity index is 2.01. The molecule has 0 amide bonds. The molecule has 1 N–H and O–H groups in total. The minimum absolute atomic E-state index is 0.501. The van der Waals surface area contributed by atoms with Crippen LogP contribution in [0.3, 0.4) is 0 Å². The molecule has 1 nitrogen and oxygen atoms in total. The monoisotopic (exact) mass is 283 g/mol. The van der Waals surface area contributed by atoms with Crippen LogP contribution in [0.4, 0.5) is 0 Å². The van der Waals surface area contributed by atoms with Crippen LogP contribution < -0.4 is 5.32 Å². The quantitative estimate of drug-likeness (QED) is 0.569. The van der Waals surface area contributed by atoms with Crippen LogP contribution in [0.5, 0.6) is 0 Å². The average molecular weight is 283 g/mol. The van der Waals surface area contributed by atoms with Crippen molar-refractivity contribution in [3.05, 3.63) is 48.0 Å². The Morgan fingerprint density at radius 2 is 1.62 bits per heavy atom. The number of nitrogens with one attached hydrogen (secondary N) is 1. The van der Waals surface area contributed by atoms with Crippen LogP contribution in [0.1, 0.15) is 64.0 Å². The Morgan fingerprint density at radius 1 is 0.857 bits per heavy atom. The minimum Gasteiger partial charge on any atom is -0.310 e. The first-order chi connectivity index (χ1) is 10.3. The molecule has 0 fully saturated rings. The Labute approximate surface area is 129 Å². The predicted molar refractivity (Wildman–Crippen MR) is 93.7 cm³/mol. The minimum atomic E-state index is 0.501. The van der Waals surface area contributed by atoms with Gasteiger partial charge in [0.2, 0.25) is 0 Å². The molecule has 2 aromatic rings. The van der Waals surface area contributed by atoms with Gasteiger partial charge in [-0.2, -0.15) is 0 Å². The largest absolute Gasteiger partial charge is 0.310 e. The van der Waals surface area contributed by atoms with Gasteiger partial charge in [0, 0.05) is 6.04 Å². The molecule has 114 valence electrons. The molecule has 1 heteroatoms. The zero-order chi connectivity index (χ0) is 14.9. The van der Waals surface area contributed by atoms with Crippen LogP contribution in [0.2, 0.25) is 0 Å². The zero-order valence-corrected chi connectivity index (χ0v) is 13.6. The van der Waals surface area contributed by atoms with Gasteiger partial charge in [0.1, 0.15) is 0 Å². The van der Waals surface area contributed by atoms with Crippen LogP contribution >= 0.6 is 0 Å². The van der Waals surface area contributed by atoms with Gasteiger partial charge in [-0.05, 0) is 35.4 Å². The van der Waals surface area contributed by atoms with E-state index in [0.29, 0.717) is 6.04 Å². The third-order valence-electron chi connectivity index (χ3n) is 4.22. The molecule has 0 saturated carbocycles. The van der Waals surface area contributed by atoms with Crippen molar-refractivity contribution in [1.29, 1.82) is 0 Å². The van der Waals surface area contributed by atoms with E-state index in [4.69, 9.17) is 0 Å². The second-order valence-electron chi connectivity index (χ2n) is 5.92. The van der Waals surface area contributed by atoms with Gasteiger partial charge in [0.15, 0.2) is 0 Å². The molecular formula is C20H29N. The smallest absolute Gasteiger partial charge is 0.0320 e. The first-order valence-electron chi connectivity index (χ1n) is 8.57. The topological polar surface area (TPSA) is 12.0 Å². The molecule has 2 aromatic carbocycles. The van der Waals surface area contributed by atoms with Crippen molar-refractivity contribution in [2.45, 2.75) is 58.4 Å². The van der Waals surface area contributed by atoms with Gasteiger partial charge in [0.05, 0.1) is 0 Å². The number of benzene rings is 2. The summed E-state index contributed by atoms with van der Waals surface area (Å²) in [5.74, 6) is 0. The molecule has 1 unspecified atom stereocenters. The van der Waals surface area contributed by atoms with Gasteiger partial charge in [-0.15, -0.1) is 0 Å². The Kier molecular flexibility index (Phi) is 6.75. The zero-order valence-electron chi connectivity index (χ0n) is 13.6. The average Bonchev–Trinajstić information content (AvgIpc) is 2.53. The second-order valence-corrected chi connectivity index (χ2v) is 5.92. The van der Waals surface area contributed by atoms with E-state index in [-0.39, 0.29) is 0 Å². The normalized spacial score (nSPS) is 12.7. The van der Waals surface area contributed by atoms with E-state index in [1.807, 2.05) is 0 Å². The van der Waals surface area contributed by atoms with Crippen molar-refractivity contribution in [2.24, 2.45) is 0 Å². The Morgan fingerprint density at radius 3 is 2.38 bits per heavy atom. The van der Waals surface area contributed by atoms with Crippen molar-refractivity contribution in [2.75, 3.05) is 6.54 Å². The predicted octanol–water partition coefficient (Wildman–Crippen LogP) is 5.85. The molecule has 0 aliphatic heterocycles. The van der Waals surface area contributed by atoms with Gasteiger partial charge < -0.3 is 5.32 Å². The maximum atomic E-state index is 3.65. The highest BCUT2D eigenvalue weighted by Gasteiger charge is 2.10. The van der Waals surface area contributed by atoms with Crippen molar-refractivity contribution in [1.82, 2.24) is 5.32 Å².